The molecule has 1 aliphatic heterocycles. The minimum absolute atomic E-state index is 0.0387. The van der Waals surface area contributed by atoms with Gasteiger partial charge in [-0.2, -0.15) is 0 Å². The van der Waals surface area contributed by atoms with E-state index in [-0.39, 0.29) is 6.04 Å². The Labute approximate surface area is 125 Å². The molecule has 0 amide bonds. The number of methoxy groups -OCH3 is 1. The van der Waals surface area contributed by atoms with Crippen LogP contribution >= 0.6 is 0 Å². The van der Waals surface area contributed by atoms with E-state index in [0.29, 0.717) is 6.61 Å². The molecule has 2 aromatic carbocycles. The number of aliphatic hydroxyl groups excluding tert-OH is 1. The van der Waals surface area contributed by atoms with E-state index in [1.165, 1.54) is 11.1 Å². The van der Waals surface area contributed by atoms with Gasteiger partial charge in [0.1, 0.15) is 0 Å². The fourth-order valence-corrected chi connectivity index (χ4v) is 2.99. The van der Waals surface area contributed by atoms with Crippen molar-refractivity contribution >= 4 is 0 Å². The van der Waals surface area contributed by atoms with Crippen molar-refractivity contribution in [1.82, 2.24) is 5.32 Å². The average Bonchev–Trinajstić information content (AvgIpc) is 2.55. The van der Waals surface area contributed by atoms with Crippen molar-refractivity contribution < 1.29 is 9.84 Å². The molecule has 0 radical (unpaired) electrons. The van der Waals surface area contributed by atoms with Crippen molar-refractivity contribution in [2.45, 2.75) is 25.2 Å². The Hall–Kier alpha value is -1.68. The van der Waals surface area contributed by atoms with Gasteiger partial charge in [0.2, 0.25) is 0 Å². The van der Waals surface area contributed by atoms with Gasteiger partial charge in [0.05, 0.1) is 18.8 Å². The van der Waals surface area contributed by atoms with Gasteiger partial charge < -0.3 is 15.2 Å². The Morgan fingerprint density at radius 3 is 2.71 bits per heavy atom. The monoisotopic (exact) mass is 283 g/mol. The molecule has 3 rings (SSSR count). The minimum atomic E-state index is -0.539. The highest BCUT2D eigenvalue weighted by molar-refractivity contribution is 5.35. The van der Waals surface area contributed by atoms with Gasteiger partial charge >= 0.3 is 0 Å². The van der Waals surface area contributed by atoms with Crippen LogP contribution < -0.4 is 5.32 Å². The average molecular weight is 283 g/mol. The van der Waals surface area contributed by atoms with Crippen LogP contribution in [0.5, 0.6) is 0 Å². The van der Waals surface area contributed by atoms with E-state index in [1.807, 2.05) is 30.3 Å². The van der Waals surface area contributed by atoms with Gasteiger partial charge in [-0.15, -0.1) is 0 Å². The SMILES string of the molecule is COCc1ccc(C(O)C2NCCc3ccccc32)cc1. The smallest absolute Gasteiger partial charge is 0.0984 e. The Kier molecular flexibility index (Phi) is 4.34. The van der Waals surface area contributed by atoms with E-state index in [4.69, 9.17) is 4.74 Å². The molecule has 2 unspecified atom stereocenters. The molecule has 0 spiro atoms. The van der Waals surface area contributed by atoms with Crippen LogP contribution in [0.4, 0.5) is 0 Å². The largest absolute Gasteiger partial charge is 0.386 e. The van der Waals surface area contributed by atoms with Gasteiger partial charge in [-0.05, 0) is 35.2 Å². The predicted octanol–water partition coefficient (Wildman–Crippen LogP) is 2.75. The first kappa shape index (κ1) is 14.3. The molecule has 0 bridgehead atoms. The minimum Gasteiger partial charge on any atom is -0.386 e. The number of benzene rings is 2. The molecule has 110 valence electrons. The van der Waals surface area contributed by atoms with E-state index < -0.39 is 6.10 Å². The molecule has 2 aromatic rings. The number of nitrogens with one attached hydrogen (secondary N) is 1. The van der Waals surface area contributed by atoms with E-state index in [0.717, 1.165) is 24.1 Å². The lowest BCUT2D eigenvalue weighted by atomic mass is 9.88. The quantitative estimate of drug-likeness (QED) is 0.906. The Bertz CT molecular complexity index is 594. The van der Waals surface area contributed by atoms with Crippen LogP contribution in [0.2, 0.25) is 0 Å². The van der Waals surface area contributed by atoms with E-state index >= 15 is 0 Å². The van der Waals surface area contributed by atoms with Gasteiger partial charge in [0.25, 0.3) is 0 Å². The molecular weight excluding hydrogens is 262 g/mol. The lowest BCUT2D eigenvalue weighted by Gasteiger charge is -2.31. The number of rotatable bonds is 4. The topological polar surface area (TPSA) is 41.5 Å². The Morgan fingerprint density at radius 2 is 1.95 bits per heavy atom. The van der Waals surface area contributed by atoms with Gasteiger partial charge in [-0.3, -0.25) is 0 Å². The third-order valence-corrected chi connectivity index (χ3v) is 4.10. The summed E-state index contributed by atoms with van der Waals surface area (Å²) in [6, 6.07) is 16.3. The van der Waals surface area contributed by atoms with Crippen molar-refractivity contribution in [3.8, 4) is 0 Å². The lowest BCUT2D eigenvalue weighted by molar-refractivity contribution is 0.125. The number of ether oxygens (including phenoxy) is 1. The summed E-state index contributed by atoms with van der Waals surface area (Å²) in [5.41, 5.74) is 4.59. The molecule has 0 fully saturated rings. The van der Waals surface area contributed by atoms with Crippen molar-refractivity contribution in [1.29, 1.82) is 0 Å². The van der Waals surface area contributed by atoms with E-state index in [1.54, 1.807) is 7.11 Å². The number of hydrogen-bond acceptors (Lipinski definition) is 3. The highest BCUT2D eigenvalue weighted by Crippen LogP contribution is 2.33. The molecule has 0 aromatic heterocycles. The van der Waals surface area contributed by atoms with Crippen LogP contribution in [0.15, 0.2) is 48.5 Å². The number of fused-ring (bicyclic) bond motifs is 1. The summed E-state index contributed by atoms with van der Waals surface area (Å²) in [5, 5.41) is 14.2. The van der Waals surface area contributed by atoms with E-state index in [9.17, 15) is 5.11 Å². The number of aliphatic hydroxyl groups is 1. The second-order valence-electron chi connectivity index (χ2n) is 5.50. The summed E-state index contributed by atoms with van der Waals surface area (Å²) in [4.78, 5) is 0. The molecule has 2 N–H and O–H groups in total. The normalized spacial score (nSPS) is 19.0. The third kappa shape index (κ3) is 3.00. The fourth-order valence-electron chi connectivity index (χ4n) is 2.99. The summed E-state index contributed by atoms with van der Waals surface area (Å²) in [7, 11) is 1.69. The van der Waals surface area contributed by atoms with Crippen molar-refractivity contribution in [2.24, 2.45) is 0 Å². The maximum atomic E-state index is 10.7. The molecule has 0 aliphatic carbocycles. The highest BCUT2D eigenvalue weighted by Gasteiger charge is 2.26. The maximum Gasteiger partial charge on any atom is 0.0984 e. The van der Waals surface area contributed by atoms with Crippen LogP contribution in [0.25, 0.3) is 0 Å². The predicted molar refractivity (Wildman–Crippen MR) is 83.0 cm³/mol. The van der Waals surface area contributed by atoms with Gasteiger partial charge in [-0.1, -0.05) is 48.5 Å². The van der Waals surface area contributed by atoms with Crippen molar-refractivity contribution in [3.05, 3.63) is 70.8 Å². The zero-order valence-electron chi connectivity index (χ0n) is 12.3. The lowest BCUT2D eigenvalue weighted by Crippen LogP contribution is -2.33. The molecular formula is C18H21NO2. The Balaban J connectivity index is 1.84. The molecule has 3 nitrogen and oxygen atoms in total. The van der Waals surface area contributed by atoms with Gasteiger partial charge in [0, 0.05) is 7.11 Å². The van der Waals surface area contributed by atoms with Crippen LogP contribution in [-0.4, -0.2) is 18.8 Å². The van der Waals surface area contributed by atoms with Crippen LogP contribution in [-0.2, 0) is 17.8 Å². The van der Waals surface area contributed by atoms with E-state index in [2.05, 4.69) is 23.5 Å². The molecule has 2 atom stereocenters. The standard InChI is InChI=1S/C18H21NO2/c1-21-12-13-6-8-15(9-7-13)18(20)17-16-5-3-2-4-14(16)10-11-19-17/h2-9,17-20H,10-12H2,1H3. The number of hydrogen-bond donors (Lipinski definition) is 2. The van der Waals surface area contributed by atoms with Crippen LogP contribution in [0.1, 0.15) is 34.4 Å². The summed E-state index contributed by atoms with van der Waals surface area (Å²) in [6.07, 6.45) is 0.481. The molecule has 0 saturated carbocycles. The second kappa shape index (κ2) is 6.39. The summed E-state index contributed by atoms with van der Waals surface area (Å²) in [5.74, 6) is 0. The molecule has 1 aliphatic rings. The third-order valence-electron chi connectivity index (χ3n) is 4.10. The van der Waals surface area contributed by atoms with Gasteiger partial charge in [-0.25, -0.2) is 0 Å². The maximum absolute atomic E-state index is 10.7. The summed E-state index contributed by atoms with van der Waals surface area (Å²) < 4.78 is 5.12. The highest BCUT2D eigenvalue weighted by atomic mass is 16.5. The first-order valence-electron chi connectivity index (χ1n) is 7.36. The summed E-state index contributed by atoms with van der Waals surface area (Å²) >= 11 is 0. The molecule has 21 heavy (non-hydrogen) atoms. The first-order valence-corrected chi connectivity index (χ1v) is 7.36. The first-order chi connectivity index (χ1) is 10.3. The van der Waals surface area contributed by atoms with Crippen LogP contribution in [0, 0.1) is 0 Å². The molecule has 3 heteroatoms. The molecule has 1 heterocycles. The fraction of sp³-hybridized carbons (Fsp3) is 0.333. The molecule has 0 saturated heterocycles. The van der Waals surface area contributed by atoms with Crippen molar-refractivity contribution in [3.63, 3.8) is 0 Å². The van der Waals surface area contributed by atoms with Crippen molar-refractivity contribution in [2.75, 3.05) is 13.7 Å². The zero-order chi connectivity index (χ0) is 14.7. The van der Waals surface area contributed by atoms with Crippen LogP contribution in [0.3, 0.4) is 0 Å². The second-order valence-corrected chi connectivity index (χ2v) is 5.50. The summed E-state index contributed by atoms with van der Waals surface area (Å²) in [6.45, 7) is 1.50. The van der Waals surface area contributed by atoms with Gasteiger partial charge in [0.15, 0.2) is 0 Å². The Morgan fingerprint density at radius 1 is 1.19 bits per heavy atom. The zero-order valence-corrected chi connectivity index (χ0v) is 12.3.